The number of nitrogens with one attached hydrogen (secondary N) is 1. The first-order chi connectivity index (χ1) is 14.4. The third kappa shape index (κ3) is 3.72. The zero-order valence-electron chi connectivity index (χ0n) is 15.1. The van der Waals surface area contributed by atoms with Gasteiger partial charge in [-0.15, -0.1) is 0 Å². The molecular formula is C21H11F3N4O2. The standard InChI is InChI=1S/C21H11F3N4O2/c22-12-3-1-11(2-4-12)21(30)28-13-7-14(19(24)15(23)8-13)20(29)17-9-16-18(10-27-17)26-6-5-25-16/h1-10H,(H,28,30). The van der Waals surface area contributed by atoms with Crippen LogP contribution in [0.3, 0.4) is 0 Å². The number of benzene rings is 2. The number of rotatable bonds is 4. The minimum absolute atomic E-state index is 0.101. The number of carbonyl (C=O) groups is 2. The molecule has 6 nitrogen and oxygen atoms in total. The molecule has 9 heteroatoms. The Balaban J connectivity index is 1.67. The molecule has 1 amide bonds. The fraction of sp³-hybridized carbons (Fsp3) is 0. The van der Waals surface area contributed by atoms with Crippen LogP contribution in [0.1, 0.15) is 26.4 Å². The fourth-order valence-electron chi connectivity index (χ4n) is 2.76. The van der Waals surface area contributed by atoms with E-state index in [-0.39, 0.29) is 16.9 Å². The van der Waals surface area contributed by atoms with Gasteiger partial charge in [0.05, 0.1) is 17.3 Å². The average molecular weight is 408 g/mol. The number of pyridine rings is 1. The second-order valence-corrected chi connectivity index (χ2v) is 6.22. The number of hydrogen-bond donors (Lipinski definition) is 1. The van der Waals surface area contributed by atoms with E-state index in [1.807, 2.05) is 0 Å². The van der Waals surface area contributed by atoms with Crippen molar-refractivity contribution in [3.63, 3.8) is 0 Å². The van der Waals surface area contributed by atoms with Gasteiger partial charge in [-0.05, 0) is 36.4 Å². The molecule has 0 aliphatic carbocycles. The molecule has 0 atom stereocenters. The second kappa shape index (κ2) is 7.70. The maximum atomic E-state index is 14.3. The summed E-state index contributed by atoms with van der Waals surface area (Å²) in [5, 5.41) is 2.36. The van der Waals surface area contributed by atoms with Gasteiger partial charge in [-0.2, -0.15) is 0 Å². The van der Waals surface area contributed by atoms with Gasteiger partial charge in [0.15, 0.2) is 11.6 Å². The minimum atomic E-state index is -1.37. The summed E-state index contributed by atoms with van der Waals surface area (Å²) in [6.45, 7) is 0. The highest BCUT2D eigenvalue weighted by molar-refractivity contribution is 6.10. The van der Waals surface area contributed by atoms with Crippen LogP contribution in [-0.2, 0) is 0 Å². The zero-order chi connectivity index (χ0) is 21.3. The molecule has 0 aliphatic rings. The monoisotopic (exact) mass is 408 g/mol. The van der Waals surface area contributed by atoms with Crippen LogP contribution in [-0.4, -0.2) is 26.6 Å². The van der Waals surface area contributed by atoms with Gasteiger partial charge in [0.2, 0.25) is 5.78 Å². The first kappa shape index (κ1) is 19.2. The van der Waals surface area contributed by atoms with Crippen molar-refractivity contribution in [2.75, 3.05) is 5.32 Å². The highest BCUT2D eigenvalue weighted by Crippen LogP contribution is 2.22. The number of hydrogen-bond acceptors (Lipinski definition) is 5. The number of ketones is 1. The lowest BCUT2D eigenvalue weighted by molar-refractivity contribution is 0.101. The lowest BCUT2D eigenvalue weighted by Gasteiger charge is -2.09. The van der Waals surface area contributed by atoms with E-state index in [9.17, 15) is 22.8 Å². The molecule has 0 unspecified atom stereocenters. The Morgan fingerprint density at radius 3 is 2.27 bits per heavy atom. The van der Waals surface area contributed by atoms with Crippen molar-refractivity contribution in [2.45, 2.75) is 0 Å². The predicted octanol–water partition coefficient (Wildman–Crippen LogP) is 3.93. The number of fused-ring (bicyclic) bond motifs is 1. The first-order valence-electron chi connectivity index (χ1n) is 8.60. The molecule has 0 spiro atoms. The molecule has 4 rings (SSSR count). The van der Waals surface area contributed by atoms with Crippen molar-refractivity contribution in [3.05, 3.63) is 95.3 Å². The smallest absolute Gasteiger partial charge is 0.255 e. The molecule has 30 heavy (non-hydrogen) atoms. The summed E-state index contributed by atoms with van der Waals surface area (Å²) >= 11 is 0. The zero-order valence-corrected chi connectivity index (χ0v) is 15.1. The number of nitrogens with zero attached hydrogens (tertiary/aromatic N) is 3. The molecular weight excluding hydrogens is 397 g/mol. The van der Waals surface area contributed by atoms with Crippen molar-refractivity contribution < 1.29 is 22.8 Å². The van der Waals surface area contributed by atoms with Crippen molar-refractivity contribution in [3.8, 4) is 0 Å². The van der Waals surface area contributed by atoms with Crippen LogP contribution >= 0.6 is 0 Å². The predicted molar refractivity (Wildman–Crippen MR) is 101 cm³/mol. The van der Waals surface area contributed by atoms with Gasteiger partial charge >= 0.3 is 0 Å². The fourth-order valence-corrected chi connectivity index (χ4v) is 2.76. The third-order valence-corrected chi connectivity index (χ3v) is 4.23. The average Bonchev–Trinajstić information content (AvgIpc) is 2.75. The van der Waals surface area contributed by atoms with Crippen LogP contribution in [0.5, 0.6) is 0 Å². The molecule has 0 radical (unpaired) electrons. The number of halogens is 3. The quantitative estimate of drug-likeness (QED) is 0.518. The molecule has 2 aromatic heterocycles. The van der Waals surface area contributed by atoms with Crippen molar-refractivity contribution in [2.24, 2.45) is 0 Å². The second-order valence-electron chi connectivity index (χ2n) is 6.22. The Labute approximate surface area is 167 Å². The summed E-state index contributed by atoms with van der Waals surface area (Å²) in [5.41, 5.74) is -0.0297. The molecule has 1 N–H and O–H groups in total. The molecule has 0 saturated carbocycles. The van der Waals surface area contributed by atoms with Crippen LogP contribution in [0.15, 0.2) is 61.1 Å². The van der Waals surface area contributed by atoms with Crippen LogP contribution in [0.4, 0.5) is 18.9 Å². The van der Waals surface area contributed by atoms with Crippen molar-refractivity contribution in [1.82, 2.24) is 15.0 Å². The Morgan fingerprint density at radius 1 is 0.833 bits per heavy atom. The van der Waals surface area contributed by atoms with Gasteiger partial charge in [0.25, 0.3) is 5.91 Å². The van der Waals surface area contributed by atoms with Gasteiger partial charge in [-0.3, -0.25) is 24.5 Å². The van der Waals surface area contributed by atoms with E-state index in [4.69, 9.17) is 0 Å². The summed E-state index contributed by atoms with van der Waals surface area (Å²) in [5.74, 6) is -4.80. The van der Waals surface area contributed by atoms with E-state index in [0.717, 1.165) is 24.3 Å². The van der Waals surface area contributed by atoms with Gasteiger partial charge in [-0.1, -0.05) is 0 Å². The highest BCUT2D eigenvalue weighted by Gasteiger charge is 2.21. The summed E-state index contributed by atoms with van der Waals surface area (Å²) in [6, 6.07) is 7.70. The van der Waals surface area contributed by atoms with Gasteiger partial charge < -0.3 is 5.32 Å². The van der Waals surface area contributed by atoms with E-state index in [0.29, 0.717) is 11.0 Å². The number of amides is 1. The van der Waals surface area contributed by atoms with E-state index in [2.05, 4.69) is 20.3 Å². The largest absolute Gasteiger partial charge is 0.322 e. The van der Waals surface area contributed by atoms with Gasteiger partial charge in [-0.25, -0.2) is 13.2 Å². The minimum Gasteiger partial charge on any atom is -0.322 e. The summed E-state index contributed by atoms with van der Waals surface area (Å²) in [4.78, 5) is 37.0. The maximum Gasteiger partial charge on any atom is 0.255 e. The molecule has 0 fully saturated rings. The molecule has 0 aliphatic heterocycles. The molecule has 2 aromatic carbocycles. The van der Waals surface area contributed by atoms with Crippen LogP contribution in [0.25, 0.3) is 11.0 Å². The van der Waals surface area contributed by atoms with E-state index >= 15 is 0 Å². The first-order valence-corrected chi connectivity index (χ1v) is 8.60. The SMILES string of the molecule is O=C(Nc1cc(F)c(F)c(C(=O)c2cc3nccnc3cn2)c1)c1ccc(F)cc1. The van der Waals surface area contributed by atoms with Crippen LogP contribution in [0, 0.1) is 17.5 Å². The van der Waals surface area contributed by atoms with E-state index in [1.54, 1.807) is 0 Å². The molecule has 148 valence electrons. The summed E-state index contributed by atoms with van der Waals surface area (Å²) in [7, 11) is 0. The van der Waals surface area contributed by atoms with Gasteiger partial charge in [0, 0.05) is 29.7 Å². The Kier molecular flexibility index (Phi) is 4.93. The number of carbonyl (C=O) groups excluding carboxylic acids is 2. The highest BCUT2D eigenvalue weighted by atomic mass is 19.2. The normalized spacial score (nSPS) is 10.8. The van der Waals surface area contributed by atoms with E-state index in [1.165, 1.54) is 36.8 Å². The molecule has 0 bridgehead atoms. The van der Waals surface area contributed by atoms with Gasteiger partial charge in [0.1, 0.15) is 17.0 Å². The van der Waals surface area contributed by atoms with E-state index < -0.39 is 34.7 Å². The molecule has 0 saturated heterocycles. The lowest BCUT2D eigenvalue weighted by Crippen LogP contribution is -2.14. The van der Waals surface area contributed by atoms with Crippen LogP contribution < -0.4 is 5.32 Å². The third-order valence-electron chi connectivity index (χ3n) is 4.23. The number of anilines is 1. The molecule has 2 heterocycles. The topological polar surface area (TPSA) is 84.8 Å². The van der Waals surface area contributed by atoms with Crippen molar-refractivity contribution >= 4 is 28.4 Å². The Hall–Kier alpha value is -4.14. The van der Waals surface area contributed by atoms with Crippen LogP contribution in [0.2, 0.25) is 0 Å². The summed E-state index contributed by atoms with van der Waals surface area (Å²) in [6.07, 6.45) is 4.17. The summed E-state index contributed by atoms with van der Waals surface area (Å²) < 4.78 is 41.4. The van der Waals surface area contributed by atoms with Crippen molar-refractivity contribution in [1.29, 1.82) is 0 Å². The Morgan fingerprint density at radius 2 is 1.53 bits per heavy atom. The molecule has 4 aromatic rings. The lowest BCUT2D eigenvalue weighted by atomic mass is 10.0. The Bertz CT molecular complexity index is 1290. The number of aromatic nitrogens is 3. The maximum absolute atomic E-state index is 14.3.